The number of ether oxygens (including phenoxy) is 5. The average Bonchev–Trinajstić information content (AvgIpc) is 3.14. The van der Waals surface area contributed by atoms with Crippen molar-refractivity contribution in [2.45, 2.75) is 61.2 Å². The maximum absolute atomic E-state index is 14.3. The highest BCUT2D eigenvalue weighted by molar-refractivity contribution is 7.85. The number of hydrogen-bond donors (Lipinski definition) is 0. The first-order chi connectivity index (χ1) is 23.2. The molecule has 0 aromatic heterocycles. The van der Waals surface area contributed by atoms with E-state index in [0.717, 1.165) is 22.3 Å². The number of rotatable bonds is 15. The van der Waals surface area contributed by atoms with E-state index in [1.165, 1.54) is 0 Å². The highest BCUT2D eigenvalue weighted by Crippen LogP contribution is 2.34. The quantitative estimate of drug-likeness (QED) is 0.117. The fraction of sp³-hybridized carbons (Fsp3) is 0.250. The SMILES string of the molecule is O=S(c1ccccc1)[C@@H]1O[C@H](COCc2ccccc2)[C@@H](OCc2ccccc2)[C@H](OCc2ccccc2)[C@@H]1OCc1ccccc1. The predicted molar refractivity (Wildman–Crippen MR) is 183 cm³/mol. The lowest BCUT2D eigenvalue weighted by Crippen LogP contribution is -2.62. The van der Waals surface area contributed by atoms with Crippen LogP contribution in [-0.4, -0.2) is 40.7 Å². The van der Waals surface area contributed by atoms with Gasteiger partial charge >= 0.3 is 0 Å². The summed E-state index contributed by atoms with van der Waals surface area (Å²) in [5.41, 5.74) is 3.24. The molecule has 0 N–H and O–H groups in total. The summed E-state index contributed by atoms with van der Waals surface area (Å²) in [5, 5.41) is 0. The molecule has 7 heteroatoms. The van der Waals surface area contributed by atoms with Gasteiger partial charge in [-0.05, 0) is 34.4 Å². The lowest BCUT2D eigenvalue weighted by atomic mass is 9.98. The standard InChI is InChI=1S/C40H40O6S/c41-47(35-24-14-5-15-25-35)40-39(45-29-34-22-12-4-13-23-34)38(44-28-33-20-10-3-11-21-33)37(43-27-32-18-8-2-9-19-32)36(46-40)30-42-26-31-16-6-1-7-17-31/h1-25,36-40H,26-30H2/t36-,37-,38+,39+,40+,47?/m1/s1. The van der Waals surface area contributed by atoms with Crippen molar-refractivity contribution >= 4 is 10.8 Å². The Bertz CT molecular complexity index is 1620. The van der Waals surface area contributed by atoms with Gasteiger partial charge in [-0.15, -0.1) is 0 Å². The molecule has 1 aliphatic heterocycles. The van der Waals surface area contributed by atoms with E-state index in [1.54, 1.807) is 0 Å². The third-order valence-corrected chi connectivity index (χ3v) is 9.57. The molecule has 1 saturated heterocycles. The first-order valence-electron chi connectivity index (χ1n) is 15.9. The molecule has 1 fully saturated rings. The van der Waals surface area contributed by atoms with Crippen molar-refractivity contribution in [3.8, 4) is 0 Å². The molecule has 5 aromatic carbocycles. The van der Waals surface area contributed by atoms with Gasteiger partial charge in [0.05, 0.1) is 43.8 Å². The minimum Gasteiger partial charge on any atom is -0.374 e. The van der Waals surface area contributed by atoms with Crippen LogP contribution in [-0.2, 0) is 60.9 Å². The molecular formula is C40H40O6S. The lowest BCUT2D eigenvalue weighted by molar-refractivity contribution is -0.255. The highest BCUT2D eigenvalue weighted by atomic mass is 32.2. The summed E-state index contributed by atoms with van der Waals surface area (Å²) in [5.74, 6) is 0. The van der Waals surface area contributed by atoms with E-state index in [-0.39, 0.29) is 6.61 Å². The van der Waals surface area contributed by atoms with Gasteiger partial charge in [0, 0.05) is 4.90 Å². The second kappa shape index (κ2) is 17.3. The summed E-state index contributed by atoms with van der Waals surface area (Å²) in [6.45, 7) is 1.58. The minimum atomic E-state index is -1.58. The van der Waals surface area contributed by atoms with Gasteiger partial charge in [0.2, 0.25) is 0 Å². The van der Waals surface area contributed by atoms with Crippen LogP contribution in [0.1, 0.15) is 22.3 Å². The summed E-state index contributed by atoms with van der Waals surface area (Å²) in [4.78, 5) is 0.653. The Morgan fingerprint density at radius 2 is 0.851 bits per heavy atom. The van der Waals surface area contributed by atoms with Crippen LogP contribution >= 0.6 is 0 Å². The maximum Gasteiger partial charge on any atom is 0.166 e. The van der Waals surface area contributed by atoms with Crippen LogP contribution in [0.4, 0.5) is 0 Å². The van der Waals surface area contributed by atoms with Crippen LogP contribution in [0.2, 0.25) is 0 Å². The van der Waals surface area contributed by atoms with Gasteiger partial charge in [-0.25, -0.2) is 0 Å². The van der Waals surface area contributed by atoms with Gasteiger partial charge < -0.3 is 23.7 Å². The summed E-state index contributed by atoms with van der Waals surface area (Å²) < 4.78 is 47.5. The molecule has 0 bridgehead atoms. The minimum absolute atomic E-state index is 0.216. The molecule has 0 saturated carbocycles. The summed E-state index contributed by atoms with van der Waals surface area (Å²) >= 11 is 0. The molecule has 0 spiro atoms. The van der Waals surface area contributed by atoms with Crippen molar-refractivity contribution in [3.05, 3.63) is 174 Å². The fourth-order valence-corrected chi connectivity index (χ4v) is 7.02. The Kier molecular flexibility index (Phi) is 12.1. The largest absolute Gasteiger partial charge is 0.374 e. The van der Waals surface area contributed by atoms with E-state index in [1.807, 2.05) is 152 Å². The Balaban J connectivity index is 1.34. The van der Waals surface area contributed by atoms with Gasteiger partial charge in [0.1, 0.15) is 24.4 Å². The molecule has 0 radical (unpaired) electrons. The lowest BCUT2D eigenvalue weighted by Gasteiger charge is -2.45. The van der Waals surface area contributed by atoms with Gasteiger partial charge in [-0.3, -0.25) is 4.21 Å². The fourth-order valence-electron chi connectivity index (χ4n) is 5.61. The van der Waals surface area contributed by atoms with Crippen LogP contribution in [0, 0.1) is 0 Å². The normalized spacial score (nSPS) is 21.7. The molecule has 47 heavy (non-hydrogen) atoms. The highest BCUT2D eigenvalue weighted by Gasteiger charge is 2.50. The van der Waals surface area contributed by atoms with E-state index in [9.17, 15) is 4.21 Å². The van der Waals surface area contributed by atoms with Gasteiger partial charge in [-0.1, -0.05) is 140 Å². The zero-order chi connectivity index (χ0) is 32.1. The van der Waals surface area contributed by atoms with E-state index in [4.69, 9.17) is 23.7 Å². The van der Waals surface area contributed by atoms with Crippen LogP contribution in [0.25, 0.3) is 0 Å². The van der Waals surface area contributed by atoms with Crippen LogP contribution in [0.3, 0.4) is 0 Å². The van der Waals surface area contributed by atoms with Crippen molar-refractivity contribution in [2.24, 2.45) is 0 Å². The van der Waals surface area contributed by atoms with Crippen molar-refractivity contribution in [3.63, 3.8) is 0 Å². The van der Waals surface area contributed by atoms with Gasteiger partial charge in [0.25, 0.3) is 0 Å². The first-order valence-corrected chi connectivity index (χ1v) is 17.2. The molecule has 1 unspecified atom stereocenters. The molecular weight excluding hydrogens is 609 g/mol. The summed E-state index contributed by atoms with van der Waals surface area (Å²) in [7, 11) is -1.58. The second-order valence-electron chi connectivity index (χ2n) is 11.4. The Morgan fingerprint density at radius 3 is 1.32 bits per heavy atom. The van der Waals surface area contributed by atoms with E-state index in [2.05, 4.69) is 0 Å². The predicted octanol–water partition coefficient (Wildman–Crippen LogP) is 7.49. The second-order valence-corrected chi connectivity index (χ2v) is 13.0. The van der Waals surface area contributed by atoms with Crippen molar-refractivity contribution in [1.82, 2.24) is 0 Å². The monoisotopic (exact) mass is 648 g/mol. The molecule has 1 heterocycles. The summed E-state index contributed by atoms with van der Waals surface area (Å²) in [6.07, 6.45) is -2.51. The third kappa shape index (κ3) is 9.32. The van der Waals surface area contributed by atoms with Crippen molar-refractivity contribution in [2.75, 3.05) is 6.61 Å². The van der Waals surface area contributed by atoms with Crippen LogP contribution in [0.15, 0.2) is 157 Å². The Labute approximate surface area is 279 Å². The first kappa shape index (κ1) is 33.0. The molecule has 0 amide bonds. The van der Waals surface area contributed by atoms with E-state index < -0.39 is 40.7 Å². The molecule has 6 atom stereocenters. The van der Waals surface area contributed by atoms with Crippen LogP contribution < -0.4 is 0 Å². The topological polar surface area (TPSA) is 63.2 Å². The molecule has 6 rings (SSSR count). The molecule has 6 nitrogen and oxygen atoms in total. The van der Waals surface area contributed by atoms with Gasteiger partial charge in [0.15, 0.2) is 5.44 Å². The number of hydrogen-bond acceptors (Lipinski definition) is 6. The number of benzene rings is 5. The molecule has 242 valence electrons. The molecule has 1 aliphatic rings. The summed E-state index contributed by atoms with van der Waals surface area (Å²) in [6, 6.07) is 49.4. The Morgan fingerprint density at radius 1 is 0.468 bits per heavy atom. The molecule has 0 aliphatic carbocycles. The van der Waals surface area contributed by atoms with Crippen LogP contribution in [0.5, 0.6) is 0 Å². The molecule has 5 aromatic rings. The van der Waals surface area contributed by atoms with E-state index >= 15 is 0 Å². The smallest absolute Gasteiger partial charge is 0.166 e. The zero-order valence-corrected chi connectivity index (χ0v) is 27.0. The average molecular weight is 649 g/mol. The van der Waals surface area contributed by atoms with Crippen molar-refractivity contribution < 1.29 is 27.9 Å². The third-order valence-electron chi connectivity index (χ3n) is 8.03. The van der Waals surface area contributed by atoms with Crippen molar-refractivity contribution in [1.29, 1.82) is 0 Å². The zero-order valence-electron chi connectivity index (χ0n) is 26.2. The Hall–Kier alpha value is -3.95. The van der Waals surface area contributed by atoms with E-state index in [0.29, 0.717) is 31.3 Å². The maximum atomic E-state index is 14.3. The van der Waals surface area contributed by atoms with Gasteiger partial charge in [-0.2, -0.15) is 0 Å².